The number of fused-ring (bicyclic) bond motifs is 1. The van der Waals surface area contributed by atoms with Gasteiger partial charge in [-0.25, -0.2) is 22.8 Å². The lowest BCUT2D eigenvalue weighted by atomic mass is 10.1. The average molecular weight is 469 g/mol. The minimum Gasteiger partial charge on any atom is -0.469 e. The zero-order valence-electron chi connectivity index (χ0n) is 17.9. The maximum atomic E-state index is 14.5. The Morgan fingerprint density at radius 1 is 1.18 bits per heavy atom. The van der Waals surface area contributed by atoms with Crippen LogP contribution in [0.4, 0.5) is 15.9 Å². The normalized spacial score (nSPS) is 11.5. The lowest BCUT2D eigenvalue weighted by Crippen LogP contribution is -2.11. The summed E-state index contributed by atoms with van der Waals surface area (Å²) in [6.07, 6.45) is 2.86. The lowest BCUT2D eigenvalue weighted by Gasteiger charge is -2.13. The van der Waals surface area contributed by atoms with Gasteiger partial charge in [0.25, 0.3) is 0 Å². The third-order valence-corrected chi connectivity index (χ3v) is 6.89. The van der Waals surface area contributed by atoms with Gasteiger partial charge in [0.1, 0.15) is 10.7 Å². The molecule has 2 N–H and O–H groups in total. The molecular weight excluding hydrogens is 447 g/mol. The predicted octanol–water partition coefficient (Wildman–Crippen LogP) is 4.02. The molecule has 0 aliphatic rings. The summed E-state index contributed by atoms with van der Waals surface area (Å²) in [7, 11) is -2.43. The molecule has 2 heterocycles. The van der Waals surface area contributed by atoms with Gasteiger partial charge in [-0.05, 0) is 42.0 Å². The Morgan fingerprint density at radius 3 is 2.73 bits per heavy atom. The maximum absolute atomic E-state index is 14.5. The van der Waals surface area contributed by atoms with Crippen LogP contribution in [0.5, 0.6) is 0 Å². The topological polar surface area (TPSA) is 114 Å². The van der Waals surface area contributed by atoms with Crippen LogP contribution in [0, 0.1) is 5.82 Å². The predicted molar refractivity (Wildman–Crippen MR) is 122 cm³/mol. The Hall–Kier alpha value is -3.79. The van der Waals surface area contributed by atoms with E-state index in [1.54, 1.807) is 0 Å². The highest BCUT2D eigenvalue weighted by Gasteiger charge is 2.21. The molecule has 0 atom stereocenters. The minimum absolute atomic E-state index is 0.0381. The SMILES string of the molecule is CCS(=O)(=O)c1cnc(-c2ccc3[nH]ccc3c2)nc1Nc1ccc(CC(=O)OC)c(F)c1. The molecule has 0 unspecified atom stereocenters. The standard InChI is InChI=1S/C23H21FN4O4S/c1-3-33(30,31)20-13-26-22(16-5-7-19-15(10-16)8-9-25-19)28-23(20)27-17-6-4-14(18(24)12-17)11-21(29)32-2/h4-10,12-13,25H,3,11H2,1-2H3,(H,26,27,28). The summed E-state index contributed by atoms with van der Waals surface area (Å²) >= 11 is 0. The van der Waals surface area contributed by atoms with Crippen molar-refractivity contribution in [3.63, 3.8) is 0 Å². The van der Waals surface area contributed by atoms with Crippen molar-refractivity contribution in [1.82, 2.24) is 15.0 Å². The third kappa shape index (κ3) is 4.70. The van der Waals surface area contributed by atoms with Gasteiger partial charge in [0, 0.05) is 28.4 Å². The van der Waals surface area contributed by atoms with Crippen molar-refractivity contribution in [2.75, 3.05) is 18.2 Å². The van der Waals surface area contributed by atoms with Crippen molar-refractivity contribution < 1.29 is 22.3 Å². The van der Waals surface area contributed by atoms with E-state index in [-0.39, 0.29) is 34.1 Å². The van der Waals surface area contributed by atoms with Gasteiger partial charge < -0.3 is 15.0 Å². The fourth-order valence-electron chi connectivity index (χ4n) is 3.31. The number of carbonyl (C=O) groups excluding carboxylic acids is 1. The molecule has 2 aromatic carbocycles. The van der Waals surface area contributed by atoms with E-state index in [9.17, 15) is 17.6 Å². The number of halogens is 1. The number of carbonyl (C=O) groups is 1. The number of aromatic nitrogens is 3. The fraction of sp³-hybridized carbons (Fsp3) is 0.174. The molecule has 0 spiro atoms. The number of H-pyrrole nitrogens is 1. The molecule has 0 radical (unpaired) electrons. The Balaban J connectivity index is 1.74. The van der Waals surface area contributed by atoms with Crippen LogP contribution >= 0.6 is 0 Å². The van der Waals surface area contributed by atoms with E-state index >= 15 is 0 Å². The summed E-state index contributed by atoms with van der Waals surface area (Å²) in [5, 5.41) is 3.86. The molecule has 8 nitrogen and oxygen atoms in total. The van der Waals surface area contributed by atoms with Gasteiger partial charge in [-0.2, -0.15) is 0 Å². The number of nitrogens with one attached hydrogen (secondary N) is 2. The molecule has 0 amide bonds. The van der Waals surface area contributed by atoms with E-state index in [4.69, 9.17) is 0 Å². The monoisotopic (exact) mass is 468 g/mol. The van der Waals surface area contributed by atoms with E-state index in [1.807, 2.05) is 30.5 Å². The Kier molecular flexibility index (Phi) is 6.10. The number of methoxy groups -OCH3 is 1. The van der Waals surface area contributed by atoms with Gasteiger partial charge in [-0.1, -0.05) is 13.0 Å². The quantitative estimate of drug-likeness (QED) is 0.394. The van der Waals surface area contributed by atoms with Crippen molar-refractivity contribution in [1.29, 1.82) is 0 Å². The van der Waals surface area contributed by atoms with Gasteiger partial charge >= 0.3 is 5.97 Å². The second kappa shape index (κ2) is 8.99. The van der Waals surface area contributed by atoms with E-state index in [0.29, 0.717) is 11.4 Å². The van der Waals surface area contributed by atoms with Crippen LogP contribution in [-0.4, -0.2) is 42.2 Å². The molecule has 10 heteroatoms. The highest BCUT2D eigenvalue weighted by atomic mass is 32.2. The molecule has 4 aromatic rings. The summed E-state index contributed by atoms with van der Waals surface area (Å²) in [5.74, 6) is -0.982. The van der Waals surface area contributed by atoms with Crippen molar-refractivity contribution in [3.8, 4) is 11.4 Å². The van der Waals surface area contributed by atoms with Crippen molar-refractivity contribution in [3.05, 3.63) is 66.2 Å². The number of aromatic amines is 1. The second-order valence-corrected chi connectivity index (χ2v) is 9.52. The van der Waals surface area contributed by atoms with Crippen molar-refractivity contribution in [2.24, 2.45) is 0 Å². The summed E-state index contributed by atoms with van der Waals surface area (Å²) in [6.45, 7) is 1.52. The Labute approximate surface area is 189 Å². The molecule has 4 rings (SSSR count). The maximum Gasteiger partial charge on any atom is 0.310 e. The van der Waals surface area contributed by atoms with E-state index in [0.717, 1.165) is 10.9 Å². The minimum atomic E-state index is -3.66. The number of benzene rings is 2. The number of sulfone groups is 1. The van der Waals surface area contributed by atoms with Crippen LogP contribution in [-0.2, 0) is 25.8 Å². The summed E-state index contributed by atoms with van der Waals surface area (Å²) in [4.78, 5) is 23.2. The first kappa shape index (κ1) is 22.4. The molecule has 33 heavy (non-hydrogen) atoms. The Bertz CT molecular complexity index is 1450. The van der Waals surface area contributed by atoms with Gasteiger partial charge in [0.15, 0.2) is 21.5 Å². The third-order valence-electron chi connectivity index (χ3n) is 5.16. The molecule has 2 aromatic heterocycles. The zero-order valence-corrected chi connectivity index (χ0v) is 18.7. The molecule has 0 fully saturated rings. The molecule has 0 saturated carbocycles. The van der Waals surface area contributed by atoms with Gasteiger partial charge in [-0.3, -0.25) is 4.79 Å². The van der Waals surface area contributed by atoms with Crippen molar-refractivity contribution in [2.45, 2.75) is 18.2 Å². The first-order chi connectivity index (χ1) is 15.8. The number of nitrogens with zero attached hydrogens (tertiary/aromatic N) is 2. The molecule has 0 aliphatic heterocycles. The number of anilines is 2. The van der Waals surface area contributed by atoms with E-state index in [2.05, 4.69) is 25.0 Å². The van der Waals surface area contributed by atoms with Gasteiger partial charge in [0.2, 0.25) is 0 Å². The van der Waals surface area contributed by atoms with Crippen LogP contribution in [0.1, 0.15) is 12.5 Å². The van der Waals surface area contributed by atoms with Crippen LogP contribution < -0.4 is 5.32 Å². The largest absolute Gasteiger partial charge is 0.469 e. The molecule has 0 aliphatic carbocycles. The number of esters is 1. The van der Waals surface area contributed by atoms with Crippen LogP contribution in [0.25, 0.3) is 22.3 Å². The highest BCUT2D eigenvalue weighted by molar-refractivity contribution is 7.91. The molecule has 0 bridgehead atoms. The molecular formula is C23H21FN4O4S. The molecule has 0 saturated heterocycles. The summed E-state index contributed by atoms with van der Waals surface area (Å²) in [6, 6.07) is 11.7. The lowest BCUT2D eigenvalue weighted by molar-refractivity contribution is -0.139. The first-order valence-corrected chi connectivity index (χ1v) is 11.8. The molecule has 170 valence electrons. The Morgan fingerprint density at radius 2 is 2.00 bits per heavy atom. The van der Waals surface area contributed by atoms with Gasteiger partial charge in [0.05, 0.1) is 25.5 Å². The number of hydrogen-bond acceptors (Lipinski definition) is 7. The van der Waals surface area contributed by atoms with E-state index in [1.165, 1.54) is 38.4 Å². The number of rotatable bonds is 7. The first-order valence-electron chi connectivity index (χ1n) is 10.1. The highest BCUT2D eigenvalue weighted by Crippen LogP contribution is 2.28. The number of ether oxygens (including phenoxy) is 1. The van der Waals surface area contributed by atoms with Crippen LogP contribution in [0.15, 0.2) is 59.8 Å². The summed E-state index contributed by atoms with van der Waals surface area (Å²) < 4.78 is 44.3. The van der Waals surface area contributed by atoms with Gasteiger partial charge in [-0.15, -0.1) is 0 Å². The van der Waals surface area contributed by atoms with Crippen LogP contribution in [0.2, 0.25) is 0 Å². The number of hydrogen-bond donors (Lipinski definition) is 2. The fourth-order valence-corrected chi connectivity index (χ4v) is 4.22. The zero-order chi connectivity index (χ0) is 23.6. The van der Waals surface area contributed by atoms with E-state index < -0.39 is 21.6 Å². The van der Waals surface area contributed by atoms with Crippen molar-refractivity contribution >= 4 is 38.2 Å². The summed E-state index contributed by atoms with van der Waals surface area (Å²) in [5.41, 5.74) is 2.09. The average Bonchev–Trinajstić information content (AvgIpc) is 3.28. The smallest absolute Gasteiger partial charge is 0.310 e. The second-order valence-electron chi connectivity index (χ2n) is 7.27. The van der Waals surface area contributed by atoms with Crippen LogP contribution in [0.3, 0.4) is 0 Å².